The molecule has 0 radical (unpaired) electrons. The lowest BCUT2D eigenvalue weighted by atomic mass is 10.0. The van der Waals surface area contributed by atoms with Crippen molar-refractivity contribution < 1.29 is 4.74 Å². The lowest BCUT2D eigenvalue weighted by Crippen LogP contribution is -2.29. The van der Waals surface area contributed by atoms with Crippen molar-refractivity contribution >= 4 is 33.9 Å². The smallest absolute Gasteiger partial charge is 0.170 e. The first kappa shape index (κ1) is 19.8. The van der Waals surface area contributed by atoms with Gasteiger partial charge in [-0.25, -0.2) is 0 Å². The molecule has 4 nitrogen and oxygen atoms in total. The molecule has 0 spiro atoms. The summed E-state index contributed by atoms with van der Waals surface area (Å²) in [6.45, 7) is 7.84. The number of para-hydroxylation sites is 1. The SMILES string of the molecule is COc1ccc(NC(=S)NCCC2C(c3c(C)[nH]c4ccccc34)C2(C)C)cc1. The third kappa shape index (κ3) is 3.84. The van der Waals surface area contributed by atoms with Gasteiger partial charge in [0, 0.05) is 28.8 Å². The Labute approximate surface area is 178 Å². The van der Waals surface area contributed by atoms with Gasteiger partial charge in [-0.2, -0.15) is 0 Å². The molecule has 1 aliphatic carbocycles. The van der Waals surface area contributed by atoms with Gasteiger partial charge in [0.05, 0.1) is 7.11 Å². The summed E-state index contributed by atoms with van der Waals surface area (Å²) >= 11 is 5.46. The number of fused-ring (bicyclic) bond motifs is 1. The van der Waals surface area contributed by atoms with Crippen molar-refractivity contribution in [2.24, 2.45) is 11.3 Å². The van der Waals surface area contributed by atoms with Crippen molar-refractivity contribution in [1.82, 2.24) is 10.3 Å². The highest BCUT2D eigenvalue weighted by Gasteiger charge is 2.58. The second-order valence-corrected chi connectivity index (χ2v) is 8.92. The minimum atomic E-state index is 0.308. The zero-order valence-electron chi connectivity index (χ0n) is 17.5. The topological polar surface area (TPSA) is 49.1 Å². The molecule has 2 unspecified atom stereocenters. The molecule has 3 N–H and O–H groups in total. The van der Waals surface area contributed by atoms with E-state index in [0.717, 1.165) is 24.4 Å². The van der Waals surface area contributed by atoms with Gasteiger partial charge < -0.3 is 20.4 Å². The third-order valence-corrected chi connectivity index (χ3v) is 6.64. The number of aromatic nitrogens is 1. The molecule has 0 amide bonds. The molecular weight excluding hydrogens is 378 g/mol. The first-order chi connectivity index (χ1) is 13.9. The van der Waals surface area contributed by atoms with Crippen molar-refractivity contribution in [3.05, 3.63) is 59.8 Å². The van der Waals surface area contributed by atoms with Crippen LogP contribution in [0, 0.1) is 18.3 Å². The molecule has 3 aromatic rings. The number of nitrogens with one attached hydrogen (secondary N) is 3. The normalized spacial score (nSPS) is 19.7. The Bertz CT molecular complexity index is 1020. The van der Waals surface area contributed by atoms with Crippen LogP contribution < -0.4 is 15.4 Å². The molecule has 1 aliphatic rings. The second kappa shape index (κ2) is 7.71. The molecule has 1 fully saturated rings. The van der Waals surface area contributed by atoms with E-state index in [0.29, 0.717) is 22.4 Å². The summed E-state index contributed by atoms with van der Waals surface area (Å²) in [5.74, 6) is 2.07. The van der Waals surface area contributed by atoms with Gasteiger partial charge in [-0.3, -0.25) is 0 Å². The lowest BCUT2D eigenvalue weighted by Gasteiger charge is -2.11. The monoisotopic (exact) mass is 407 g/mol. The predicted octanol–water partition coefficient (Wildman–Crippen LogP) is 5.60. The molecular formula is C24H29N3OS. The zero-order chi connectivity index (χ0) is 20.6. The van der Waals surface area contributed by atoms with Crippen molar-refractivity contribution in [1.29, 1.82) is 0 Å². The van der Waals surface area contributed by atoms with E-state index in [4.69, 9.17) is 17.0 Å². The first-order valence-corrected chi connectivity index (χ1v) is 10.6. The highest BCUT2D eigenvalue weighted by molar-refractivity contribution is 7.80. The molecule has 2 aromatic carbocycles. The van der Waals surface area contributed by atoms with Gasteiger partial charge in [0.1, 0.15) is 5.75 Å². The molecule has 152 valence electrons. The number of hydrogen-bond donors (Lipinski definition) is 3. The maximum absolute atomic E-state index is 5.46. The van der Waals surface area contributed by atoms with Crippen LogP contribution in [0.2, 0.25) is 0 Å². The fraction of sp³-hybridized carbons (Fsp3) is 0.375. The number of H-pyrrole nitrogens is 1. The van der Waals surface area contributed by atoms with Crippen LogP contribution in [0.15, 0.2) is 48.5 Å². The number of methoxy groups -OCH3 is 1. The predicted molar refractivity (Wildman–Crippen MR) is 125 cm³/mol. The van der Waals surface area contributed by atoms with Crippen molar-refractivity contribution in [2.45, 2.75) is 33.1 Å². The lowest BCUT2D eigenvalue weighted by molar-refractivity contribution is 0.415. The third-order valence-electron chi connectivity index (χ3n) is 6.39. The van der Waals surface area contributed by atoms with Crippen molar-refractivity contribution in [3.63, 3.8) is 0 Å². The number of benzene rings is 2. The van der Waals surface area contributed by atoms with Gasteiger partial charge in [-0.05, 0) is 78.7 Å². The molecule has 0 saturated heterocycles. The quantitative estimate of drug-likeness (QED) is 0.466. The van der Waals surface area contributed by atoms with Crippen LogP contribution in [0.4, 0.5) is 5.69 Å². The molecule has 4 rings (SSSR count). The average Bonchev–Trinajstić information content (AvgIpc) is 3.06. The Hall–Kier alpha value is -2.53. The Kier molecular flexibility index (Phi) is 5.26. The number of rotatable bonds is 6. The van der Waals surface area contributed by atoms with Gasteiger partial charge in [0.2, 0.25) is 0 Å². The zero-order valence-corrected chi connectivity index (χ0v) is 18.3. The highest BCUT2D eigenvalue weighted by atomic mass is 32.1. The van der Waals surface area contributed by atoms with E-state index in [1.807, 2.05) is 24.3 Å². The minimum absolute atomic E-state index is 0.308. The van der Waals surface area contributed by atoms with E-state index in [1.54, 1.807) is 7.11 Å². The van der Waals surface area contributed by atoms with Crippen LogP contribution in [-0.4, -0.2) is 23.8 Å². The molecule has 1 heterocycles. The van der Waals surface area contributed by atoms with Gasteiger partial charge >= 0.3 is 0 Å². The number of thiocarbonyl (C=S) groups is 1. The summed E-state index contributed by atoms with van der Waals surface area (Å²) in [4.78, 5) is 3.56. The Balaban J connectivity index is 1.35. The molecule has 5 heteroatoms. The molecule has 2 atom stereocenters. The number of aromatic amines is 1. The van der Waals surface area contributed by atoms with Crippen LogP contribution in [0.5, 0.6) is 5.75 Å². The Morgan fingerprint density at radius 2 is 1.86 bits per heavy atom. The molecule has 0 bridgehead atoms. The fourth-order valence-corrected chi connectivity index (χ4v) is 4.97. The van der Waals surface area contributed by atoms with E-state index < -0.39 is 0 Å². The van der Waals surface area contributed by atoms with Gasteiger partial charge in [-0.1, -0.05) is 32.0 Å². The second-order valence-electron chi connectivity index (χ2n) is 8.51. The van der Waals surface area contributed by atoms with Crippen molar-refractivity contribution in [2.75, 3.05) is 19.0 Å². The largest absolute Gasteiger partial charge is 0.497 e. The standard InChI is InChI=1S/C24H29N3OS/c1-15-21(18-7-5-6-8-20(18)26-15)22-19(24(22,2)3)13-14-25-23(29)27-16-9-11-17(28-4)12-10-16/h5-12,19,22,26H,13-14H2,1-4H3,(H2,25,27,29). The van der Waals surface area contributed by atoms with E-state index in [-0.39, 0.29) is 0 Å². The van der Waals surface area contributed by atoms with E-state index in [1.165, 1.54) is 22.2 Å². The van der Waals surface area contributed by atoms with Crippen LogP contribution in [0.1, 0.15) is 37.4 Å². The highest BCUT2D eigenvalue weighted by Crippen LogP contribution is 2.67. The maximum atomic E-state index is 5.46. The van der Waals surface area contributed by atoms with Crippen LogP contribution >= 0.6 is 12.2 Å². The number of ether oxygens (including phenoxy) is 1. The molecule has 1 saturated carbocycles. The minimum Gasteiger partial charge on any atom is -0.497 e. The number of anilines is 1. The van der Waals surface area contributed by atoms with Crippen LogP contribution in [0.3, 0.4) is 0 Å². The Morgan fingerprint density at radius 1 is 1.14 bits per heavy atom. The van der Waals surface area contributed by atoms with Crippen LogP contribution in [-0.2, 0) is 0 Å². The van der Waals surface area contributed by atoms with Gasteiger partial charge in [0.15, 0.2) is 5.11 Å². The molecule has 1 aromatic heterocycles. The van der Waals surface area contributed by atoms with Crippen LogP contribution in [0.25, 0.3) is 10.9 Å². The summed E-state index contributed by atoms with van der Waals surface area (Å²) in [5, 5.41) is 8.64. The van der Waals surface area contributed by atoms with Gasteiger partial charge in [-0.15, -0.1) is 0 Å². The van der Waals surface area contributed by atoms with E-state index >= 15 is 0 Å². The van der Waals surface area contributed by atoms with Crippen molar-refractivity contribution in [3.8, 4) is 5.75 Å². The van der Waals surface area contributed by atoms with E-state index in [2.05, 4.69) is 60.7 Å². The molecule has 29 heavy (non-hydrogen) atoms. The maximum Gasteiger partial charge on any atom is 0.170 e. The fourth-order valence-electron chi connectivity index (χ4n) is 4.75. The molecule has 0 aliphatic heterocycles. The Morgan fingerprint density at radius 3 is 2.59 bits per heavy atom. The average molecular weight is 408 g/mol. The number of hydrogen-bond acceptors (Lipinski definition) is 2. The first-order valence-electron chi connectivity index (χ1n) is 10.2. The van der Waals surface area contributed by atoms with Gasteiger partial charge in [0.25, 0.3) is 0 Å². The van der Waals surface area contributed by atoms with E-state index in [9.17, 15) is 0 Å². The summed E-state index contributed by atoms with van der Waals surface area (Å²) in [7, 11) is 1.67. The summed E-state index contributed by atoms with van der Waals surface area (Å²) < 4.78 is 5.19. The summed E-state index contributed by atoms with van der Waals surface area (Å²) in [6.07, 6.45) is 1.10. The summed E-state index contributed by atoms with van der Waals surface area (Å²) in [5.41, 5.74) is 5.31. The summed E-state index contributed by atoms with van der Waals surface area (Å²) in [6, 6.07) is 16.4. The number of aryl methyl sites for hydroxylation is 1.